The molecule has 0 atom stereocenters. The van der Waals surface area contributed by atoms with Gasteiger partial charge in [-0.2, -0.15) is 0 Å². The number of hydrogen-bond donors (Lipinski definition) is 0. The lowest BCUT2D eigenvalue weighted by Gasteiger charge is -2.16. The highest BCUT2D eigenvalue weighted by Crippen LogP contribution is 2.08. The van der Waals surface area contributed by atoms with Gasteiger partial charge in [0, 0.05) is 19.4 Å². The predicted molar refractivity (Wildman–Crippen MR) is 51.3 cm³/mol. The summed E-state index contributed by atoms with van der Waals surface area (Å²) >= 11 is 0. The number of carbonyl (C=O) groups excluding carboxylic acids is 2. The van der Waals surface area contributed by atoms with Crippen LogP contribution < -0.4 is 0 Å². The first-order valence-electron chi connectivity index (χ1n) is 4.11. The molecule has 4 nitrogen and oxygen atoms in total. The number of rotatable bonds is 4. The lowest BCUT2D eigenvalue weighted by Crippen LogP contribution is -2.23. The Morgan fingerprint density at radius 1 is 1.14 bits per heavy atom. The maximum atomic E-state index is 10.7. The maximum Gasteiger partial charge on any atom is 0.305 e. The van der Waals surface area contributed by atoms with E-state index in [1.54, 1.807) is 13.0 Å². The van der Waals surface area contributed by atoms with Gasteiger partial charge in [-0.3, -0.25) is 9.59 Å². The summed E-state index contributed by atoms with van der Waals surface area (Å²) in [6, 6.07) is 0. The van der Waals surface area contributed by atoms with E-state index in [4.69, 9.17) is 9.47 Å². The molecule has 0 aliphatic rings. The fourth-order valence-corrected chi connectivity index (χ4v) is 0.776. The molecule has 0 aliphatic carbocycles. The van der Waals surface area contributed by atoms with Crippen LogP contribution in [-0.2, 0) is 19.1 Å². The standard InChI is InChI=1S/C10H14O4/c1-5-6-7(2)10(13-8(3)11)14-9(4)12/h5-6,10H,1H2,2-4H3/b7-6+. The molecule has 0 rings (SSSR count). The van der Waals surface area contributed by atoms with Crippen LogP contribution in [0.1, 0.15) is 20.8 Å². The minimum atomic E-state index is -0.956. The maximum absolute atomic E-state index is 10.7. The summed E-state index contributed by atoms with van der Waals surface area (Å²) in [4.78, 5) is 21.4. The summed E-state index contributed by atoms with van der Waals surface area (Å²) in [6.45, 7) is 7.66. The van der Waals surface area contributed by atoms with Gasteiger partial charge in [0.05, 0.1) is 0 Å². The first kappa shape index (κ1) is 12.4. The molecule has 0 N–H and O–H groups in total. The van der Waals surface area contributed by atoms with Crippen molar-refractivity contribution >= 4 is 11.9 Å². The van der Waals surface area contributed by atoms with Gasteiger partial charge in [0.25, 0.3) is 6.29 Å². The van der Waals surface area contributed by atoms with E-state index in [1.807, 2.05) is 0 Å². The Kier molecular flexibility index (Phi) is 5.29. The molecule has 0 spiro atoms. The van der Waals surface area contributed by atoms with Gasteiger partial charge >= 0.3 is 11.9 Å². The van der Waals surface area contributed by atoms with Crippen LogP contribution in [0, 0.1) is 0 Å². The summed E-state index contributed by atoms with van der Waals surface area (Å²) in [5, 5.41) is 0. The van der Waals surface area contributed by atoms with Crippen molar-refractivity contribution in [3.8, 4) is 0 Å². The first-order valence-corrected chi connectivity index (χ1v) is 4.11. The van der Waals surface area contributed by atoms with Crippen LogP contribution in [0.2, 0.25) is 0 Å². The quantitative estimate of drug-likeness (QED) is 0.391. The summed E-state index contributed by atoms with van der Waals surface area (Å²) in [6.07, 6.45) is 2.18. The van der Waals surface area contributed by atoms with Crippen molar-refractivity contribution in [3.05, 3.63) is 24.3 Å². The van der Waals surface area contributed by atoms with Gasteiger partial charge in [-0.1, -0.05) is 18.7 Å². The van der Waals surface area contributed by atoms with Crippen molar-refractivity contribution in [1.29, 1.82) is 0 Å². The van der Waals surface area contributed by atoms with Gasteiger partial charge in [0.1, 0.15) is 0 Å². The van der Waals surface area contributed by atoms with Crippen LogP contribution in [0.5, 0.6) is 0 Å². The van der Waals surface area contributed by atoms with Crippen LogP contribution >= 0.6 is 0 Å². The van der Waals surface area contributed by atoms with Crippen LogP contribution in [0.15, 0.2) is 24.3 Å². The molecule has 0 fully saturated rings. The third-order valence-electron chi connectivity index (χ3n) is 1.30. The molecular weight excluding hydrogens is 184 g/mol. The third kappa shape index (κ3) is 5.13. The highest BCUT2D eigenvalue weighted by Gasteiger charge is 2.16. The van der Waals surface area contributed by atoms with Crippen molar-refractivity contribution in [2.75, 3.05) is 0 Å². The Bertz CT molecular complexity index is 249. The van der Waals surface area contributed by atoms with E-state index in [-0.39, 0.29) is 0 Å². The Morgan fingerprint density at radius 3 is 1.86 bits per heavy atom. The average molecular weight is 198 g/mol. The van der Waals surface area contributed by atoms with E-state index < -0.39 is 18.2 Å². The fraction of sp³-hybridized carbons (Fsp3) is 0.400. The molecule has 0 aromatic heterocycles. The van der Waals surface area contributed by atoms with Crippen molar-refractivity contribution in [2.45, 2.75) is 27.1 Å². The molecule has 0 bridgehead atoms. The third-order valence-corrected chi connectivity index (χ3v) is 1.30. The van der Waals surface area contributed by atoms with E-state index in [0.717, 1.165) is 0 Å². The zero-order valence-corrected chi connectivity index (χ0v) is 8.57. The molecule has 0 saturated carbocycles. The van der Waals surface area contributed by atoms with Crippen molar-refractivity contribution in [2.24, 2.45) is 0 Å². The van der Waals surface area contributed by atoms with Crippen molar-refractivity contribution < 1.29 is 19.1 Å². The fourth-order valence-electron chi connectivity index (χ4n) is 0.776. The molecule has 14 heavy (non-hydrogen) atoms. The molecule has 0 aromatic rings. The van der Waals surface area contributed by atoms with E-state index in [2.05, 4.69) is 6.58 Å². The average Bonchev–Trinajstić information content (AvgIpc) is 2.01. The van der Waals surface area contributed by atoms with Gasteiger partial charge in [0.2, 0.25) is 0 Å². The second-order valence-corrected chi connectivity index (χ2v) is 2.70. The van der Waals surface area contributed by atoms with Gasteiger partial charge in [-0.15, -0.1) is 0 Å². The normalized spacial score (nSPS) is 11.0. The summed E-state index contributed by atoms with van der Waals surface area (Å²) < 4.78 is 9.55. The van der Waals surface area contributed by atoms with Crippen LogP contribution in [0.25, 0.3) is 0 Å². The molecule has 0 heterocycles. The zero-order chi connectivity index (χ0) is 11.1. The van der Waals surface area contributed by atoms with Crippen LogP contribution in [-0.4, -0.2) is 18.2 Å². The molecule has 78 valence electrons. The smallest absolute Gasteiger partial charge is 0.305 e. The Hall–Kier alpha value is -1.58. The highest BCUT2D eigenvalue weighted by molar-refractivity contribution is 5.68. The lowest BCUT2D eigenvalue weighted by atomic mass is 10.2. The monoisotopic (exact) mass is 198 g/mol. The van der Waals surface area contributed by atoms with Gasteiger partial charge in [-0.25, -0.2) is 0 Å². The number of esters is 2. The van der Waals surface area contributed by atoms with Crippen molar-refractivity contribution in [1.82, 2.24) is 0 Å². The van der Waals surface area contributed by atoms with Crippen LogP contribution in [0.4, 0.5) is 0 Å². The topological polar surface area (TPSA) is 52.6 Å². The molecule has 0 radical (unpaired) electrons. The van der Waals surface area contributed by atoms with Crippen LogP contribution in [0.3, 0.4) is 0 Å². The van der Waals surface area contributed by atoms with E-state index in [1.165, 1.54) is 19.9 Å². The highest BCUT2D eigenvalue weighted by atomic mass is 16.7. The molecule has 0 aliphatic heterocycles. The molecule has 4 heteroatoms. The molecule has 0 saturated heterocycles. The SMILES string of the molecule is C=C/C=C(\C)C(OC(C)=O)OC(C)=O. The largest absolute Gasteiger partial charge is 0.421 e. The Labute approximate surface area is 83.2 Å². The van der Waals surface area contributed by atoms with E-state index in [9.17, 15) is 9.59 Å². The number of carbonyl (C=O) groups is 2. The van der Waals surface area contributed by atoms with Crippen molar-refractivity contribution in [3.63, 3.8) is 0 Å². The molecular formula is C10H14O4. The second-order valence-electron chi connectivity index (χ2n) is 2.70. The summed E-state index contributed by atoms with van der Waals surface area (Å²) in [5.74, 6) is -1.01. The minimum absolute atomic E-state index is 0.506. The molecule has 0 aromatic carbocycles. The minimum Gasteiger partial charge on any atom is -0.421 e. The Balaban J connectivity index is 4.53. The molecule has 0 unspecified atom stereocenters. The number of ether oxygens (including phenoxy) is 2. The van der Waals surface area contributed by atoms with Gasteiger partial charge in [-0.05, 0) is 6.92 Å². The Morgan fingerprint density at radius 2 is 1.57 bits per heavy atom. The summed E-state index contributed by atoms with van der Waals surface area (Å²) in [7, 11) is 0. The van der Waals surface area contributed by atoms with E-state index >= 15 is 0 Å². The van der Waals surface area contributed by atoms with Gasteiger partial charge in [0.15, 0.2) is 0 Å². The number of hydrogen-bond acceptors (Lipinski definition) is 4. The zero-order valence-electron chi connectivity index (χ0n) is 8.57. The van der Waals surface area contributed by atoms with E-state index in [0.29, 0.717) is 5.57 Å². The second kappa shape index (κ2) is 5.96. The number of allylic oxidation sites excluding steroid dienone is 2. The van der Waals surface area contributed by atoms with Gasteiger partial charge < -0.3 is 9.47 Å². The summed E-state index contributed by atoms with van der Waals surface area (Å²) in [5.41, 5.74) is 0.602. The lowest BCUT2D eigenvalue weighted by molar-refractivity contribution is -0.177. The first-order chi connectivity index (χ1) is 6.47. The molecule has 0 amide bonds. The predicted octanol–water partition coefficient (Wildman–Crippen LogP) is 1.57.